The van der Waals surface area contributed by atoms with Crippen molar-refractivity contribution in [2.24, 2.45) is 0 Å². The van der Waals surface area contributed by atoms with Crippen LogP contribution in [0.2, 0.25) is 0 Å². The van der Waals surface area contributed by atoms with Gasteiger partial charge >= 0.3 is 0 Å². The lowest BCUT2D eigenvalue weighted by atomic mass is 10.2. The van der Waals surface area contributed by atoms with Crippen molar-refractivity contribution < 1.29 is 18.3 Å². The predicted octanol–water partition coefficient (Wildman–Crippen LogP) is -0.155. The molecule has 0 atom stereocenters. The van der Waals surface area contributed by atoms with E-state index < -0.39 is 10.0 Å². The summed E-state index contributed by atoms with van der Waals surface area (Å²) in [6, 6.07) is 7.79. The van der Waals surface area contributed by atoms with E-state index in [0.717, 1.165) is 0 Å². The molecule has 0 aliphatic rings. The molecule has 0 amide bonds. The van der Waals surface area contributed by atoms with E-state index in [0.29, 0.717) is 0 Å². The summed E-state index contributed by atoms with van der Waals surface area (Å²) >= 11 is 0. The Morgan fingerprint density at radius 1 is 1.33 bits per heavy atom. The molecule has 0 heterocycles. The fraction of sp³-hybridized carbons (Fsp3) is 0.364. The molecule has 7 heteroatoms. The Labute approximate surface area is 106 Å². The van der Waals surface area contributed by atoms with Crippen LogP contribution < -0.4 is 4.72 Å². The van der Waals surface area contributed by atoms with Gasteiger partial charge in [-0.2, -0.15) is 5.26 Å². The van der Waals surface area contributed by atoms with Crippen LogP contribution in [-0.2, 0) is 14.8 Å². The number of nitriles is 1. The highest BCUT2D eigenvalue weighted by Gasteiger charge is 2.17. The largest absolute Gasteiger partial charge is 0.394 e. The Morgan fingerprint density at radius 2 is 2.06 bits per heavy atom. The van der Waals surface area contributed by atoms with Gasteiger partial charge in [0.1, 0.15) is 6.07 Å². The van der Waals surface area contributed by atoms with Crippen molar-refractivity contribution in [1.82, 2.24) is 4.72 Å². The van der Waals surface area contributed by atoms with Crippen LogP contribution >= 0.6 is 0 Å². The molecule has 0 bridgehead atoms. The molecule has 0 unspecified atom stereocenters. The van der Waals surface area contributed by atoms with E-state index in [-0.39, 0.29) is 36.8 Å². The molecule has 1 aromatic carbocycles. The third-order valence-electron chi connectivity index (χ3n) is 2.07. The maximum absolute atomic E-state index is 11.9. The number of aliphatic hydroxyl groups excluding tert-OH is 1. The first-order chi connectivity index (χ1) is 8.61. The molecule has 0 saturated heterocycles. The zero-order valence-electron chi connectivity index (χ0n) is 9.67. The van der Waals surface area contributed by atoms with E-state index in [2.05, 4.69) is 4.72 Å². The normalized spacial score (nSPS) is 11.1. The second-order valence-electron chi connectivity index (χ2n) is 3.34. The summed E-state index contributed by atoms with van der Waals surface area (Å²) in [7, 11) is -3.71. The zero-order valence-corrected chi connectivity index (χ0v) is 10.5. The lowest BCUT2D eigenvalue weighted by Gasteiger charge is -2.08. The van der Waals surface area contributed by atoms with Crippen LogP contribution in [0.3, 0.4) is 0 Å². The van der Waals surface area contributed by atoms with Crippen LogP contribution in [0.1, 0.15) is 5.56 Å². The highest BCUT2D eigenvalue weighted by atomic mass is 32.2. The average Bonchev–Trinajstić information content (AvgIpc) is 2.38. The number of nitrogens with one attached hydrogen (secondary N) is 1. The van der Waals surface area contributed by atoms with Gasteiger partial charge in [-0.05, 0) is 12.1 Å². The fourth-order valence-electron chi connectivity index (χ4n) is 1.29. The number of hydrogen-bond acceptors (Lipinski definition) is 5. The highest BCUT2D eigenvalue weighted by molar-refractivity contribution is 7.89. The van der Waals surface area contributed by atoms with Crippen LogP contribution in [0.25, 0.3) is 0 Å². The SMILES string of the molecule is N#Cc1ccccc1S(=O)(=O)NCCOCCO. The van der Waals surface area contributed by atoms with Gasteiger partial charge in [0.25, 0.3) is 0 Å². The van der Waals surface area contributed by atoms with Gasteiger partial charge in [0.05, 0.1) is 30.3 Å². The monoisotopic (exact) mass is 270 g/mol. The van der Waals surface area contributed by atoms with Crippen molar-refractivity contribution >= 4 is 10.0 Å². The smallest absolute Gasteiger partial charge is 0.241 e. The molecule has 1 aromatic rings. The van der Waals surface area contributed by atoms with E-state index >= 15 is 0 Å². The first kappa shape index (κ1) is 14.6. The Bertz CT molecular complexity index is 522. The molecule has 0 fully saturated rings. The summed E-state index contributed by atoms with van der Waals surface area (Å²) < 4.78 is 31.0. The summed E-state index contributed by atoms with van der Waals surface area (Å²) in [6.07, 6.45) is 0. The third-order valence-corrected chi connectivity index (χ3v) is 3.59. The van der Waals surface area contributed by atoms with Crippen molar-refractivity contribution in [2.75, 3.05) is 26.4 Å². The number of benzene rings is 1. The molecule has 2 N–H and O–H groups in total. The standard InChI is InChI=1S/C11H14N2O4S/c12-9-10-3-1-2-4-11(10)18(15,16)13-5-7-17-8-6-14/h1-4,13-14H,5-8H2. The number of aliphatic hydroxyl groups is 1. The first-order valence-electron chi connectivity index (χ1n) is 5.29. The molecule has 0 aliphatic heterocycles. The molecule has 0 spiro atoms. The molecule has 1 rings (SSSR count). The summed E-state index contributed by atoms with van der Waals surface area (Å²) in [4.78, 5) is -0.0466. The zero-order chi connectivity index (χ0) is 13.4. The second kappa shape index (κ2) is 7.08. The van der Waals surface area contributed by atoms with Crippen molar-refractivity contribution in [2.45, 2.75) is 4.90 Å². The number of ether oxygens (including phenoxy) is 1. The lowest BCUT2D eigenvalue weighted by Crippen LogP contribution is -2.28. The van der Waals surface area contributed by atoms with Crippen LogP contribution in [0, 0.1) is 11.3 Å². The van der Waals surface area contributed by atoms with Gasteiger partial charge in [-0.25, -0.2) is 13.1 Å². The Morgan fingerprint density at radius 3 is 2.72 bits per heavy atom. The van der Waals surface area contributed by atoms with E-state index in [1.54, 1.807) is 12.1 Å². The van der Waals surface area contributed by atoms with Gasteiger partial charge in [-0.15, -0.1) is 0 Å². The minimum atomic E-state index is -3.71. The minimum Gasteiger partial charge on any atom is -0.394 e. The molecular formula is C11H14N2O4S. The van der Waals surface area contributed by atoms with Crippen molar-refractivity contribution in [3.63, 3.8) is 0 Å². The van der Waals surface area contributed by atoms with E-state index in [1.165, 1.54) is 12.1 Å². The van der Waals surface area contributed by atoms with Crippen LogP contribution in [0.15, 0.2) is 29.2 Å². The van der Waals surface area contributed by atoms with Gasteiger partial charge in [0, 0.05) is 6.54 Å². The number of sulfonamides is 1. The summed E-state index contributed by atoms with van der Waals surface area (Å²) in [5.41, 5.74) is 0.0984. The molecular weight excluding hydrogens is 256 g/mol. The molecule has 6 nitrogen and oxygen atoms in total. The first-order valence-corrected chi connectivity index (χ1v) is 6.77. The number of rotatable bonds is 7. The van der Waals surface area contributed by atoms with Crippen molar-refractivity contribution in [3.05, 3.63) is 29.8 Å². The van der Waals surface area contributed by atoms with E-state index in [1.807, 2.05) is 6.07 Å². The van der Waals surface area contributed by atoms with Gasteiger partial charge in [0.15, 0.2) is 0 Å². The third kappa shape index (κ3) is 4.09. The lowest BCUT2D eigenvalue weighted by molar-refractivity contribution is 0.0961. The maximum Gasteiger partial charge on any atom is 0.241 e. The fourth-order valence-corrected chi connectivity index (χ4v) is 2.45. The summed E-state index contributed by atoms with van der Waals surface area (Å²) in [6.45, 7) is 0.303. The Kier molecular flexibility index (Phi) is 5.74. The van der Waals surface area contributed by atoms with Crippen LogP contribution in [0.4, 0.5) is 0 Å². The van der Waals surface area contributed by atoms with Crippen molar-refractivity contribution in [1.29, 1.82) is 5.26 Å². The van der Waals surface area contributed by atoms with E-state index in [4.69, 9.17) is 15.1 Å². The maximum atomic E-state index is 11.9. The Balaban J connectivity index is 2.67. The number of nitrogens with zero attached hydrogens (tertiary/aromatic N) is 1. The summed E-state index contributed by atoms with van der Waals surface area (Å²) in [5.74, 6) is 0. The molecule has 0 saturated carbocycles. The molecule has 18 heavy (non-hydrogen) atoms. The molecule has 0 radical (unpaired) electrons. The van der Waals surface area contributed by atoms with Gasteiger partial charge < -0.3 is 9.84 Å². The minimum absolute atomic E-state index is 0.0466. The molecule has 0 aromatic heterocycles. The molecule has 98 valence electrons. The van der Waals surface area contributed by atoms with Crippen LogP contribution in [0.5, 0.6) is 0 Å². The predicted molar refractivity (Wildman–Crippen MR) is 64.3 cm³/mol. The van der Waals surface area contributed by atoms with Gasteiger partial charge in [0.2, 0.25) is 10.0 Å². The van der Waals surface area contributed by atoms with Crippen LogP contribution in [-0.4, -0.2) is 39.9 Å². The Hall–Kier alpha value is -1.46. The second-order valence-corrected chi connectivity index (χ2v) is 5.08. The topological polar surface area (TPSA) is 99.4 Å². The molecule has 0 aliphatic carbocycles. The number of hydrogen-bond donors (Lipinski definition) is 2. The summed E-state index contributed by atoms with van der Waals surface area (Å²) in [5, 5.41) is 17.3. The quantitative estimate of drug-likeness (QED) is 0.671. The van der Waals surface area contributed by atoms with E-state index in [9.17, 15) is 8.42 Å². The average molecular weight is 270 g/mol. The highest BCUT2D eigenvalue weighted by Crippen LogP contribution is 2.13. The van der Waals surface area contributed by atoms with Gasteiger partial charge in [-0.3, -0.25) is 0 Å². The van der Waals surface area contributed by atoms with Gasteiger partial charge in [-0.1, -0.05) is 12.1 Å². The van der Waals surface area contributed by atoms with Crippen molar-refractivity contribution in [3.8, 4) is 6.07 Å².